The summed E-state index contributed by atoms with van der Waals surface area (Å²) in [7, 11) is 1.23. The smallest absolute Gasteiger partial charge is 0.435 e. The first-order chi connectivity index (χ1) is 10.9. The summed E-state index contributed by atoms with van der Waals surface area (Å²) in [4.78, 5) is 11.1. The highest BCUT2D eigenvalue weighted by Gasteiger charge is 2.38. The van der Waals surface area contributed by atoms with E-state index in [-0.39, 0.29) is 30.7 Å². The Balaban J connectivity index is 1.79. The lowest BCUT2D eigenvalue weighted by Gasteiger charge is -2.03. The van der Waals surface area contributed by atoms with Gasteiger partial charge in [0.05, 0.1) is 7.11 Å². The molecule has 2 heterocycles. The molecule has 0 unspecified atom stereocenters. The van der Waals surface area contributed by atoms with Crippen LogP contribution in [0.4, 0.5) is 13.2 Å². The average molecular weight is 330 g/mol. The predicted octanol–water partition coefficient (Wildman–Crippen LogP) is 1.93. The van der Waals surface area contributed by atoms with Crippen molar-refractivity contribution in [2.24, 2.45) is 0 Å². The molecule has 0 N–H and O–H groups in total. The third-order valence-electron chi connectivity index (χ3n) is 3.41. The fraction of sp³-hybridized carbons (Fsp3) is 0.538. The number of halogens is 3. The molecule has 1 saturated carbocycles. The predicted molar refractivity (Wildman–Crippen MR) is 68.3 cm³/mol. The number of aromatic nitrogens is 4. The maximum absolute atomic E-state index is 12.8. The van der Waals surface area contributed by atoms with Crippen LogP contribution in [0.3, 0.4) is 0 Å². The molecule has 0 spiro atoms. The topological polar surface area (TPSA) is 83.0 Å². The zero-order chi connectivity index (χ0) is 16.6. The molecule has 0 saturated heterocycles. The lowest BCUT2D eigenvalue weighted by atomic mass is 10.2. The summed E-state index contributed by atoms with van der Waals surface area (Å²) in [5.41, 5.74) is -0.432. The highest BCUT2D eigenvalue weighted by Crippen LogP contribution is 2.42. The Labute approximate surface area is 128 Å². The summed E-state index contributed by atoms with van der Waals surface area (Å²) >= 11 is 0. The maximum Gasteiger partial charge on any atom is 0.435 e. The summed E-state index contributed by atoms with van der Waals surface area (Å²) in [5, 5.41) is 11.0. The van der Waals surface area contributed by atoms with E-state index in [1.807, 2.05) is 0 Å². The molecule has 0 bridgehead atoms. The molecular formula is C13H13F3N4O3. The van der Waals surface area contributed by atoms with E-state index in [9.17, 15) is 18.0 Å². The summed E-state index contributed by atoms with van der Waals surface area (Å²) in [5.74, 6) is -0.334. The van der Waals surface area contributed by atoms with Gasteiger partial charge in [-0.15, -0.1) is 10.2 Å². The standard InChI is InChI=1S/C13H13F3N4O3/c1-22-12(21)5-10-17-18-11(23-10)6-20-8(7-2-3-7)4-9(19-20)13(14,15)16/h4,7H,2-3,5-6H2,1H3. The van der Waals surface area contributed by atoms with Crippen LogP contribution in [0.25, 0.3) is 0 Å². The molecule has 10 heteroatoms. The number of rotatable bonds is 5. The van der Waals surface area contributed by atoms with E-state index in [1.165, 1.54) is 11.8 Å². The molecule has 1 aliphatic rings. The van der Waals surface area contributed by atoms with Crippen LogP contribution >= 0.6 is 0 Å². The van der Waals surface area contributed by atoms with E-state index in [0.717, 1.165) is 18.9 Å². The Hall–Kier alpha value is -2.39. The Kier molecular flexibility index (Phi) is 3.82. The van der Waals surface area contributed by atoms with Gasteiger partial charge in [0.25, 0.3) is 0 Å². The van der Waals surface area contributed by atoms with Gasteiger partial charge in [-0.3, -0.25) is 9.48 Å². The number of methoxy groups -OCH3 is 1. The fourth-order valence-corrected chi connectivity index (χ4v) is 2.15. The number of esters is 1. The number of nitrogens with zero attached hydrogens (tertiary/aromatic N) is 4. The van der Waals surface area contributed by atoms with Crippen LogP contribution in [-0.2, 0) is 28.7 Å². The molecule has 7 nitrogen and oxygen atoms in total. The van der Waals surface area contributed by atoms with Crippen LogP contribution in [0.5, 0.6) is 0 Å². The molecule has 1 fully saturated rings. The van der Waals surface area contributed by atoms with Crippen molar-refractivity contribution in [2.75, 3.05) is 7.11 Å². The minimum atomic E-state index is -4.50. The summed E-state index contributed by atoms with van der Waals surface area (Å²) < 4.78 is 49.4. The third kappa shape index (κ3) is 3.51. The number of carbonyl (C=O) groups excluding carboxylic acids is 1. The second-order valence-electron chi connectivity index (χ2n) is 5.23. The van der Waals surface area contributed by atoms with Crippen molar-refractivity contribution in [1.82, 2.24) is 20.0 Å². The number of ether oxygens (including phenoxy) is 1. The zero-order valence-corrected chi connectivity index (χ0v) is 12.1. The molecule has 1 aliphatic carbocycles. The van der Waals surface area contributed by atoms with Crippen LogP contribution in [0.1, 0.15) is 41.9 Å². The Bertz CT molecular complexity index is 718. The van der Waals surface area contributed by atoms with E-state index in [1.54, 1.807) is 0 Å². The first-order valence-electron chi connectivity index (χ1n) is 6.90. The van der Waals surface area contributed by atoms with E-state index in [0.29, 0.717) is 5.69 Å². The molecule has 0 atom stereocenters. The summed E-state index contributed by atoms with van der Waals surface area (Å²) in [6, 6.07) is 1.06. The largest absolute Gasteiger partial charge is 0.469 e. The monoisotopic (exact) mass is 330 g/mol. The van der Waals surface area contributed by atoms with Crippen molar-refractivity contribution in [1.29, 1.82) is 0 Å². The van der Waals surface area contributed by atoms with Crippen LogP contribution < -0.4 is 0 Å². The van der Waals surface area contributed by atoms with Crippen molar-refractivity contribution in [3.05, 3.63) is 29.2 Å². The van der Waals surface area contributed by atoms with Crippen molar-refractivity contribution < 1.29 is 27.1 Å². The third-order valence-corrected chi connectivity index (χ3v) is 3.41. The van der Waals surface area contributed by atoms with Crippen LogP contribution in [0, 0.1) is 0 Å². The van der Waals surface area contributed by atoms with Crippen molar-refractivity contribution in [3.8, 4) is 0 Å². The quantitative estimate of drug-likeness (QED) is 0.779. The molecule has 0 radical (unpaired) electrons. The molecule has 0 aliphatic heterocycles. The van der Waals surface area contributed by atoms with Gasteiger partial charge in [0, 0.05) is 11.6 Å². The Morgan fingerprint density at radius 3 is 2.70 bits per heavy atom. The minimum absolute atomic E-state index is 0.0445. The van der Waals surface area contributed by atoms with Gasteiger partial charge in [0.2, 0.25) is 11.8 Å². The van der Waals surface area contributed by atoms with Crippen molar-refractivity contribution >= 4 is 5.97 Å². The van der Waals surface area contributed by atoms with Crippen molar-refractivity contribution in [2.45, 2.75) is 37.9 Å². The Morgan fingerprint density at radius 1 is 1.39 bits per heavy atom. The molecule has 23 heavy (non-hydrogen) atoms. The fourth-order valence-electron chi connectivity index (χ4n) is 2.15. The molecule has 0 amide bonds. The van der Waals surface area contributed by atoms with Gasteiger partial charge in [-0.25, -0.2) is 0 Å². The van der Waals surface area contributed by atoms with Gasteiger partial charge >= 0.3 is 12.1 Å². The highest BCUT2D eigenvalue weighted by molar-refractivity contribution is 5.70. The molecule has 0 aromatic carbocycles. The number of alkyl halides is 3. The molecule has 124 valence electrons. The normalized spacial score (nSPS) is 15.0. The van der Waals surface area contributed by atoms with Gasteiger partial charge in [-0.2, -0.15) is 18.3 Å². The van der Waals surface area contributed by atoms with E-state index in [2.05, 4.69) is 20.0 Å². The lowest BCUT2D eigenvalue weighted by Crippen LogP contribution is -2.09. The van der Waals surface area contributed by atoms with Crippen LogP contribution in [-0.4, -0.2) is 33.1 Å². The zero-order valence-electron chi connectivity index (χ0n) is 12.1. The molecule has 3 rings (SSSR count). The van der Waals surface area contributed by atoms with Gasteiger partial charge in [0.15, 0.2) is 5.69 Å². The van der Waals surface area contributed by atoms with Crippen molar-refractivity contribution in [3.63, 3.8) is 0 Å². The van der Waals surface area contributed by atoms with Gasteiger partial charge in [-0.05, 0) is 18.9 Å². The van der Waals surface area contributed by atoms with Crippen LogP contribution in [0.2, 0.25) is 0 Å². The maximum atomic E-state index is 12.8. The SMILES string of the molecule is COC(=O)Cc1nnc(Cn2nc(C(F)(F)F)cc2C2CC2)o1. The highest BCUT2D eigenvalue weighted by atomic mass is 19.4. The van der Waals surface area contributed by atoms with E-state index >= 15 is 0 Å². The lowest BCUT2D eigenvalue weighted by molar-refractivity contribution is -0.142. The molecule has 2 aromatic heterocycles. The summed E-state index contributed by atoms with van der Waals surface area (Å²) in [6.07, 6.45) is -3.02. The first kappa shape index (κ1) is 15.5. The van der Waals surface area contributed by atoms with E-state index in [4.69, 9.17) is 4.42 Å². The van der Waals surface area contributed by atoms with E-state index < -0.39 is 17.8 Å². The average Bonchev–Trinajstić information content (AvgIpc) is 3.09. The molecular weight excluding hydrogens is 317 g/mol. The first-order valence-corrected chi connectivity index (χ1v) is 6.90. The van der Waals surface area contributed by atoms with Crippen LogP contribution in [0.15, 0.2) is 10.5 Å². The Morgan fingerprint density at radius 2 is 2.09 bits per heavy atom. The van der Waals surface area contributed by atoms with Gasteiger partial charge in [-0.1, -0.05) is 0 Å². The number of hydrogen-bond donors (Lipinski definition) is 0. The summed E-state index contributed by atoms with van der Waals surface area (Å²) in [6.45, 7) is -0.0733. The second kappa shape index (κ2) is 5.67. The molecule has 2 aromatic rings. The van der Waals surface area contributed by atoms with Gasteiger partial charge in [0.1, 0.15) is 13.0 Å². The second-order valence-corrected chi connectivity index (χ2v) is 5.23. The number of carbonyl (C=O) groups is 1. The number of hydrogen-bond acceptors (Lipinski definition) is 6. The van der Waals surface area contributed by atoms with Gasteiger partial charge < -0.3 is 9.15 Å². The minimum Gasteiger partial charge on any atom is -0.469 e.